The number of imide groups is 1. The fourth-order valence-electron chi connectivity index (χ4n) is 2.70. The van der Waals surface area contributed by atoms with Crippen LogP contribution in [0.1, 0.15) is 18.4 Å². The van der Waals surface area contributed by atoms with Crippen molar-refractivity contribution in [1.82, 2.24) is 4.90 Å². The van der Waals surface area contributed by atoms with Gasteiger partial charge < -0.3 is 4.74 Å². The Morgan fingerprint density at radius 1 is 1.09 bits per heavy atom. The predicted octanol–water partition coefficient (Wildman–Crippen LogP) is 2.07. The van der Waals surface area contributed by atoms with E-state index in [1.165, 1.54) is 0 Å². The summed E-state index contributed by atoms with van der Waals surface area (Å²) in [5.74, 6) is -1.11. The van der Waals surface area contributed by atoms with E-state index in [4.69, 9.17) is 4.74 Å². The number of ether oxygens (including phenoxy) is 1. The highest BCUT2D eigenvalue weighted by atomic mass is 16.5. The first-order valence-corrected chi connectivity index (χ1v) is 7.60. The number of rotatable bonds is 4. The van der Waals surface area contributed by atoms with Crippen LogP contribution in [-0.2, 0) is 25.5 Å². The van der Waals surface area contributed by atoms with Crippen LogP contribution in [0.2, 0.25) is 0 Å². The zero-order valence-corrected chi connectivity index (χ0v) is 12.7. The summed E-state index contributed by atoms with van der Waals surface area (Å²) in [7, 11) is 0. The molecule has 0 atom stereocenters. The lowest BCUT2D eigenvalue weighted by atomic mass is 10.1. The summed E-state index contributed by atoms with van der Waals surface area (Å²) in [5.41, 5.74) is 0.832. The normalized spacial score (nSPS) is 14.3. The molecule has 0 spiro atoms. The van der Waals surface area contributed by atoms with Crippen LogP contribution in [0.5, 0.6) is 0 Å². The number of amides is 2. The Hall–Kier alpha value is -2.69. The van der Waals surface area contributed by atoms with Crippen LogP contribution in [0.3, 0.4) is 0 Å². The zero-order chi connectivity index (χ0) is 16.2. The van der Waals surface area contributed by atoms with E-state index in [0.29, 0.717) is 19.4 Å². The van der Waals surface area contributed by atoms with E-state index in [-0.39, 0.29) is 18.9 Å². The second kappa shape index (κ2) is 6.60. The van der Waals surface area contributed by atoms with E-state index in [2.05, 4.69) is 0 Å². The van der Waals surface area contributed by atoms with E-state index in [1.54, 1.807) is 0 Å². The average Bonchev–Trinajstić information content (AvgIpc) is 2.98. The molecule has 3 rings (SSSR count). The molecule has 0 unspecified atom stereocenters. The molecule has 2 aromatic carbocycles. The Morgan fingerprint density at radius 2 is 1.87 bits per heavy atom. The number of nitrogens with zero attached hydrogens (tertiary/aromatic N) is 1. The Balaban J connectivity index is 1.56. The average molecular weight is 311 g/mol. The van der Waals surface area contributed by atoms with Crippen molar-refractivity contribution in [1.29, 1.82) is 0 Å². The number of fused-ring (bicyclic) bond motifs is 1. The highest BCUT2D eigenvalue weighted by Gasteiger charge is 2.26. The molecule has 2 aromatic rings. The van der Waals surface area contributed by atoms with Crippen molar-refractivity contribution in [3.05, 3.63) is 48.0 Å². The topological polar surface area (TPSA) is 63.7 Å². The molecule has 0 radical (unpaired) electrons. The van der Waals surface area contributed by atoms with Crippen molar-refractivity contribution in [2.45, 2.75) is 19.3 Å². The zero-order valence-electron chi connectivity index (χ0n) is 12.7. The number of hydrogen-bond donors (Lipinski definition) is 0. The van der Waals surface area contributed by atoms with Gasteiger partial charge in [-0.05, 0) is 22.8 Å². The smallest absolute Gasteiger partial charge is 0.310 e. The van der Waals surface area contributed by atoms with Gasteiger partial charge in [0.1, 0.15) is 0 Å². The predicted molar refractivity (Wildman–Crippen MR) is 84.6 cm³/mol. The van der Waals surface area contributed by atoms with Crippen LogP contribution in [0, 0.1) is 0 Å². The molecular formula is C18H17NO4. The third kappa shape index (κ3) is 3.56. The van der Waals surface area contributed by atoms with Crippen molar-refractivity contribution in [2.75, 3.05) is 13.2 Å². The highest BCUT2D eigenvalue weighted by molar-refractivity contribution is 5.97. The molecule has 1 aliphatic heterocycles. The van der Waals surface area contributed by atoms with Crippen molar-refractivity contribution in [3.8, 4) is 0 Å². The van der Waals surface area contributed by atoms with Gasteiger partial charge in [-0.1, -0.05) is 42.5 Å². The maximum absolute atomic E-state index is 11.9. The summed E-state index contributed by atoms with van der Waals surface area (Å²) in [5, 5.41) is 2.16. The van der Waals surface area contributed by atoms with Gasteiger partial charge in [0.15, 0.2) is 6.61 Å². The monoisotopic (exact) mass is 311 g/mol. The number of carbonyl (C=O) groups is 3. The van der Waals surface area contributed by atoms with Gasteiger partial charge in [-0.2, -0.15) is 0 Å². The Kier molecular flexibility index (Phi) is 4.37. The van der Waals surface area contributed by atoms with Gasteiger partial charge in [0.05, 0.1) is 6.42 Å². The third-order valence-corrected chi connectivity index (χ3v) is 3.89. The molecule has 0 aromatic heterocycles. The van der Waals surface area contributed by atoms with Crippen LogP contribution in [0.4, 0.5) is 0 Å². The van der Waals surface area contributed by atoms with Gasteiger partial charge in [-0.15, -0.1) is 0 Å². The lowest BCUT2D eigenvalue weighted by molar-refractivity contribution is -0.154. The Morgan fingerprint density at radius 3 is 2.61 bits per heavy atom. The van der Waals surface area contributed by atoms with Crippen molar-refractivity contribution in [3.63, 3.8) is 0 Å². The molecule has 1 saturated heterocycles. The second-order valence-electron chi connectivity index (χ2n) is 5.56. The van der Waals surface area contributed by atoms with E-state index < -0.39 is 11.9 Å². The van der Waals surface area contributed by atoms with Crippen LogP contribution < -0.4 is 0 Å². The largest absolute Gasteiger partial charge is 0.455 e. The summed E-state index contributed by atoms with van der Waals surface area (Å²) in [6.07, 6.45) is 1.17. The molecule has 23 heavy (non-hydrogen) atoms. The Bertz CT molecular complexity index is 768. The summed E-state index contributed by atoms with van der Waals surface area (Å²) >= 11 is 0. The van der Waals surface area contributed by atoms with Crippen molar-refractivity contribution in [2.24, 2.45) is 0 Å². The second-order valence-corrected chi connectivity index (χ2v) is 5.56. The van der Waals surface area contributed by atoms with Crippen LogP contribution in [0.25, 0.3) is 10.8 Å². The number of likely N-dealkylation sites (tertiary alicyclic amines) is 1. The lowest BCUT2D eigenvalue weighted by Gasteiger charge is -2.13. The number of esters is 1. The number of hydrogen-bond acceptors (Lipinski definition) is 4. The minimum atomic E-state index is -0.472. The molecule has 5 nitrogen and oxygen atoms in total. The number of benzene rings is 2. The van der Waals surface area contributed by atoms with Gasteiger partial charge in [-0.25, -0.2) is 0 Å². The minimum Gasteiger partial charge on any atom is -0.455 e. The fraction of sp³-hybridized carbons (Fsp3) is 0.278. The van der Waals surface area contributed by atoms with E-state index >= 15 is 0 Å². The van der Waals surface area contributed by atoms with Gasteiger partial charge in [0.25, 0.3) is 5.91 Å². The van der Waals surface area contributed by atoms with Crippen LogP contribution in [0.15, 0.2) is 42.5 Å². The Labute approximate surface area is 133 Å². The van der Waals surface area contributed by atoms with Gasteiger partial charge >= 0.3 is 5.97 Å². The molecular weight excluding hydrogens is 294 g/mol. The van der Waals surface area contributed by atoms with Gasteiger partial charge in [0, 0.05) is 13.0 Å². The van der Waals surface area contributed by atoms with Crippen LogP contribution >= 0.6 is 0 Å². The molecule has 1 aliphatic rings. The highest BCUT2D eigenvalue weighted by Crippen LogP contribution is 2.16. The third-order valence-electron chi connectivity index (χ3n) is 3.89. The van der Waals surface area contributed by atoms with Gasteiger partial charge in [0.2, 0.25) is 5.91 Å². The molecule has 118 valence electrons. The summed E-state index contributed by atoms with van der Waals surface area (Å²) in [6, 6.07) is 13.6. The van der Waals surface area contributed by atoms with Crippen molar-refractivity contribution >= 4 is 28.6 Å². The quantitative estimate of drug-likeness (QED) is 0.811. The van der Waals surface area contributed by atoms with E-state index in [1.807, 2.05) is 42.5 Å². The summed E-state index contributed by atoms with van der Waals surface area (Å²) < 4.78 is 5.00. The maximum atomic E-state index is 11.9. The molecule has 0 aliphatic carbocycles. The van der Waals surface area contributed by atoms with Crippen LogP contribution in [-0.4, -0.2) is 35.8 Å². The summed E-state index contributed by atoms with van der Waals surface area (Å²) in [4.78, 5) is 36.3. The first kappa shape index (κ1) is 15.2. The molecule has 0 saturated carbocycles. The standard InChI is InChI=1S/C18H17NO4/c20-16-6-3-9-19(16)17(21)12-23-18(22)11-13-7-8-14-4-1-2-5-15(14)10-13/h1-2,4-5,7-8,10H,3,6,9,11-12H2. The molecule has 1 fully saturated rings. The molecule has 0 bridgehead atoms. The maximum Gasteiger partial charge on any atom is 0.310 e. The first-order chi connectivity index (χ1) is 11.1. The molecule has 5 heteroatoms. The minimum absolute atomic E-state index is 0.103. The summed E-state index contributed by atoms with van der Waals surface area (Å²) in [6.45, 7) is 0.0397. The lowest BCUT2D eigenvalue weighted by Crippen LogP contribution is -2.35. The molecule has 2 amide bonds. The van der Waals surface area contributed by atoms with Crippen molar-refractivity contribution < 1.29 is 19.1 Å². The van der Waals surface area contributed by atoms with Gasteiger partial charge in [-0.3, -0.25) is 19.3 Å². The fourth-order valence-corrected chi connectivity index (χ4v) is 2.70. The molecule has 0 N–H and O–H groups in total. The first-order valence-electron chi connectivity index (χ1n) is 7.60. The SMILES string of the molecule is O=C(Cc1ccc2ccccc2c1)OCC(=O)N1CCCC1=O. The van der Waals surface area contributed by atoms with E-state index in [0.717, 1.165) is 21.2 Å². The van der Waals surface area contributed by atoms with E-state index in [9.17, 15) is 14.4 Å². The number of carbonyl (C=O) groups excluding carboxylic acids is 3. The molecule has 1 heterocycles.